The summed E-state index contributed by atoms with van der Waals surface area (Å²) in [7, 11) is 0. The molecule has 0 atom stereocenters. The molecule has 0 heterocycles. The van der Waals surface area contributed by atoms with E-state index in [1.54, 1.807) is 0 Å². The zero-order valence-electron chi connectivity index (χ0n) is 11.3. The van der Waals surface area contributed by atoms with Crippen molar-refractivity contribution in [2.24, 2.45) is 5.41 Å². The summed E-state index contributed by atoms with van der Waals surface area (Å²) in [4.78, 5) is 11.6. The molecule has 1 N–H and O–H groups in total. The van der Waals surface area contributed by atoms with Gasteiger partial charge in [-0.1, -0.05) is 6.92 Å². The van der Waals surface area contributed by atoms with E-state index in [-0.39, 0.29) is 18.0 Å². The summed E-state index contributed by atoms with van der Waals surface area (Å²) in [6, 6.07) is 0. The largest absolute Gasteiger partial charge is 0.465 e. The van der Waals surface area contributed by atoms with Crippen molar-refractivity contribution in [2.45, 2.75) is 46.5 Å². The molecule has 0 saturated carbocycles. The lowest BCUT2D eigenvalue weighted by molar-refractivity contribution is -0.154. The lowest BCUT2D eigenvalue weighted by Gasteiger charge is -2.20. The molecule has 0 aliphatic carbocycles. The number of unbranched alkanes of at least 4 members (excludes halogenated alkanes) is 1. The van der Waals surface area contributed by atoms with Crippen molar-refractivity contribution in [1.82, 2.24) is 0 Å². The van der Waals surface area contributed by atoms with Gasteiger partial charge in [0.2, 0.25) is 0 Å². The first-order valence-electron chi connectivity index (χ1n) is 6.40. The third-order valence-electron chi connectivity index (χ3n) is 2.80. The lowest BCUT2D eigenvalue weighted by Crippen LogP contribution is -2.26. The third-order valence-corrected chi connectivity index (χ3v) is 2.80. The Hall–Kier alpha value is -0.610. The van der Waals surface area contributed by atoms with E-state index >= 15 is 0 Å². The Bertz CT molecular complexity index is 202. The standard InChI is InChI=1S/C13H26O4/c1-4-13(2,3)12(15)17-11-7-10-16-9-6-5-8-14/h14H,4-11H2,1-3H3. The van der Waals surface area contributed by atoms with Crippen LogP contribution >= 0.6 is 0 Å². The molecule has 0 spiro atoms. The fourth-order valence-corrected chi connectivity index (χ4v) is 1.08. The summed E-state index contributed by atoms with van der Waals surface area (Å²) in [6.45, 7) is 7.66. The Morgan fingerprint density at radius 1 is 1.12 bits per heavy atom. The highest BCUT2D eigenvalue weighted by atomic mass is 16.5. The minimum absolute atomic E-state index is 0.139. The number of aliphatic hydroxyl groups is 1. The monoisotopic (exact) mass is 246 g/mol. The molecular weight excluding hydrogens is 220 g/mol. The van der Waals surface area contributed by atoms with Crippen LogP contribution in [0.25, 0.3) is 0 Å². The van der Waals surface area contributed by atoms with E-state index in [9.17, 15) is 4.79 Å². The molecule has 102 valence electrons. The van der Waals surface area contributed by atoms with Crippen molar-refractivity contribution < 1.29 is 19.4 Å². The minimum Gasteiger partial charge on any atom is -0.465 e. The molecular formula is C13H26O4. The van der Waals surface area contributed by atoms with Crippen molar-refractivity contribution in [1.29, 1.82) is 0 Å². The molecule has 0 aromatic rings. The Morgan fingerprint density at radius 2 is 1.76 bits per heavy atom. The highest BCUT2D eigenvalue weighted by Gasteiger charge is 2.26. The van der Waals surface area contributed by atoms with Crippen molar-refractivity contribution in [3.63, 3.8) is 0 Å². The molecule has 0 aliphatic heterocycles. The number of hydrogen-bond acceptors (Lipinski definition) is 4. The van der Waals surface area contributed by atoms with Gasteiger partial charge in [-0.3, -0.25) is 4.79 Å². The SMILES string of the molecule is CCC(C)(C)C(=O)OCCCOCCCCO. The van der Waals surface area contributed by atoms with Crippen LogP contribution in [0.1, 0.15) is 46.5 Å². The van der Waals surface area contributed by atoms with Crippen LogP contribution in [0, 0.1) is 5.41 Å². The van der Waals surface area contributed by atoms with E-state index in [0.717, 1.165) is 25.7 Å². The van der Waals surface area contributed by atoms with Crippen molar-refractivity contribution >= 4 is 5.97 Å². The van der Waals surface area contributed by atoms with Gasteiger partial charge in [-0.25, -0.2) is 0 Å². The fourth-order valence-electron chi connectivity index (χ4n) is 1.08. The smallest absolute Gasteiger partial charge is 0.311 e. The van der Waals surface area contributed by atoms with Gasteiger partial charge in [0.1, 0.15) is 0 Å². The van der Waals surface area contributed by atoms with Crippen LogP contribution in [0.2, 0.25) is 0 Å². The summed E-state index contributed by atoms with van der Waals surface area (Å²) in [5.41, 5.74) is -0.387. The number of esters is 1. The number of aliphatic hydroxyl groups excluding tert-OH is 1. The lowest BCUT2D eigenvalue weighted by atomic mass is 9.91. The number of hydrogen-bond donors (Lipinski definition) is 1. The van der Waals surface area contributed by atoms with Crippen LogP contribution in [0.5, 0.6) is 0 Å². The molecule has 0 saturated heterocycles. The van der Waals surface area contributed by atoms with E-state index in [1.165, 1.54) is 0 Å². The second-order valence-corrected chi connectivity index (χ2v) is 4.77. The second-order valence-electron chi connectivity index (χ2n) is 4.77. The summed E-state index contributed by atoms with van der Waals surface area (Å²) in [5, 5.41) is 8.55. The number of carbonyl (C=O) groups is 1. The fraction of sp³-hybridized carbons (Fsp3) is 0.923. The predicted molar refractivity (Wildman–Crippen MR) is 66.8 cm³/mol. The zero-order chi connectivity index (χ0) is 13.1. The molecule has 0 fully saturated rings. The first kappa shape index (κ1) is 16.4. The molecule has 0 aromatic heterocycles. The van der Waals surface area contributed by atoms with Gasteiger partial charge in [0.25, 0.3) is 0 Å². The molecule has 17 heavy (non-hydrogen) atoms. The van der Waals surface area contributed by atoms with Crippen molar-refractivity contribution in [3.05, 3.63) is 0 Å². The van der Waals surface area contributed by atoms with Gasteiger partial charge in [0, 0.05) is 26.2 Å². The molecule has 0 amide bonds. The molecule has 0 radical (unpaired) electrons. The van der Waals surface area contributed by atoms with Crippen LogP contribution in [-0.4, -0.2) is 37.5 Å². The molecule has 0 rings (SSSR count). The molecule has 0 aromatic carbocycles. The van der Waals surface area contributed by atoms with Gasteiger partial charge in [0.05, 0.1) is 12.0 Å². The Morgan fingerprint density at radius 3 is 2.35 bits per heavy atom. The number of carbonyl (C=O) groups excluding carboxylic acids is 1. The van der Waals surface area contributed by atoms with E-state index in [1.807, 2.05) is 20.8 Å². The summed E-state index contributed by atoms with van der Waals surface area (Å²) < 4.78 is 10.5. The van der Waals surface area contributed by atoms with Gasteiger partial charge in [-0.05, 0) is 33.1 Å². The number of rotatable bonds is 10. The van der Waals surface area contributed by atoms with Gasteiger partial charge in [0.15, 0.2) is 0 Å². The molecule has 4 heteroatoms. The summed E-state index contributed by atoms with van der Waals surface area (Å²) in [5.74, 6) is -0.139. The first-order chi connectivity index (χ1) is 8.04. The average Bonchev–Trinajstić information content (AvgIpc) is 2.32. The van der Waals surface area contributed by atoms with Gasteiger partial charge >= 0.3 is 5.97 Å². The highest BCUT2D eigenvalue weighted by Crippen LogP contribution is 2.21. The van der Waals surface area contributed by atoms with Crippen LogP contribution in [0.15, 0.2) is 0 Å². The first-order valence-corrected chi connectivity index (χ1v) is 6.40. The van der Waals surface area contributed by atoms with Crippen molar-refractivity contribution in [3.8, 4) is 0 Å². The highest BCUT2D eigenvalue weighted by molar-refractivity contribution is 5.75. The van der Waals surface area contributed by atoms with Crippen LogP contribution < -0.4 is 0 Å². The van der Waals surface area contributed by atoms with E-state index < -0.39 is 0 Å². The van der Waals surface area contributed by atoms with Crippen LogP contribution in [-0.2, 0) is 14.3 Å². The topological polar surface area (TPSA) is 55.8 Å². The Labute approximate surface area is 104 Å². The van der Waals surface area contributed by atoms with Crippen LogP contribution in [0.3, 0.4) is 0 Å². The second kappa shape index (κ2) is 9.42. The van der Waals surface area contributed by atoms with E-state index in [2.05, 4.69) is 0 Å². The summed E-state index contributed by atoms with van der Waals surface area (Å²) >= 11 is 0. The maximum absolute atomic E-state index is 11.6. The Kier molecular flexibility index (Phi) is 9.09. The normalized spacial score (nSPS) is 11.5. The maximum Gasteiger partial charge on any atom is 0.311 e. The summed E-state index contributed by atoms with van der Waals surface area (Å²) in [6.07, 6.45) is 3.16. The molecule has 0 aliphatic rings. The van der Waals surface area contributed by atoms with Gasteiger partial charge < -0.3 is 14.6 Å². The Balaban J connectivity index is 3.37. The third kappa shape index (κ3) is 8.16. The van der Waals surface area contributed by atoms with Crippen LogP contribution in [0.4, 0.5) is 0 Å². The van der Waals surface area contributed by atoms with Crippen molar-refractivity contribution in [2.75, 3.05) is 26.4 Å². The van der Waals surface area contributed by atoms with Gasteiger partial charge in [-0.2, -0.15) is 0 Å². The predicted octanol–water partition coefficient (Wildman–Crippen LogP) is 2.15. The average molecular weight is 246 g/mol. The molecule has 0 bridgehead atoms. The van der Waals surface area contributed by atoms with Gasteiger partial charge in [-0.15, -0.1) is 0 Å². The minimum atomic E-state index is -0.387. The zero-order valence-corrected chi connectivity index (χ0v) is 11.3. The number of ether oxygens (including phenoxy) is 2. The maximum atomic E-state index is 11.6. The van der Waals surface area contributed by atoms with E-state index in [0.29, 0.717) is 19.8 Å². The molecule has 0 unspecified atom stereocenters. The quantitative estimate of drug-likeness (QED) is 0.474. The molecule has 4 nitrogen and oxygen atoms in total. The van der Waals surface area contributed by atoms with E-state index in [4.69, 9.17) is 14.6 Å².